The molecule has 0 radical (unpaired) electrons. The van der Waals surface area contributed by atoms with Crippen molar-refractivity contribution in [3.8, 4) is 11.3 Å². The maximum atomic E-state index is 12.5. The summed E-state index contributed by atoms with van der Waals surface area (Å²) in [7, 11) is 2.02. The lowest BCUT2D eigenvalue weighted by atomic mass is 9.96. The van der Waals surface area contributed by atoms with Crippen molar-refractivity contribution in [3.05, 3.63) is 77.2 Å². The van der Waals surface area contributed by atoms with Crippen LogP contribution in [0.4, 0.5) is 0 Å². The van der Waals surface area contributed by atoms with Crippen molar-refractivity contribution in [1.82, 2.24) is 19.4 Å². The SMILES string of the molecule is Cn1c(-c2ccccc2)cn(CN2CCC(C(=O)NCc3ccccc3)CC2)c1=S. The number of nitrogens with zero attached hydrogens (tertiary/aromatic N) is 3. The van der Waals surface area contributed by atoms with Crippen LogP contribution in [0.2, 0.25) is 0 Å². The first-order valence-corrected chi connectivity index (χ1v) is 10.9. The molecule has 4 rings (SSSR count). The first kappa shape index (κ1) is 20.6. The molecule has 156 valence electrons. The molecule has 1 amide bonds. The van der Waals surface area contributed by atoms with Gasteiger partial charge in [-0.1, -0.05) is 60.7 Å². The van der Waals surface area contributed by atoms with Gasteiger partial charge in [0.15, 0.2) is 4.77 Å². The topological polar surface area (TPSA) is 42.2 Å². The number of likely N-dealkylation sites (tertiary alicyclic amines) is 1. The molecule has 1 aliphatic heterocycles. The minimum Gasteiger partial charge on any atom is -0.352 e. The second-order valence-corrected chi connectivity index (χ2v) is 8.29. The molecule has 1 fully saturated rings. The Balaban J connectivity index is 1.32. The summed E-state index contributed by atoms with van der Waals surface area (Å²) in [5.41, 5.74) is 3.42. The lowest BCUT2D eigenvalue weighted by molar-refractivity contribution is -0.126. The van der Waals surface area contributed by atoms with Crippen LogP contribution >= 0.6 is 12.2 Å². The molecule has 2 aromatic carbocycles. The normalized spacial score (nSPS) is 15.2. The molecule has 0 bridgehead atoms. The van der Waals surface area contributed by atoms with Gasteiger partial charge in [0.05, 0.1) is 12.4 Å². The predicted molar refractivity (Wildman–Crippen MR) is 122 cm³/mol. The zero-order valence-electron chi connectivity index (χ0n) is 17.3. The van der Waals surface area contributed by atoms with Crippen molar-refractivity contribution in [2.45, 2.75) is 26.1 Å². The molecule has 6 heteroatoms. The molecule has 1 saturated heterocycles. The number of hydrogen-bond donors (Lipinski definition) is 1. The molecule has 2 heterocycles. The van der Waals surface area contributed by atoms with Gasteiger partial charge >= 0.3 is 0 Å². The molecule has 0 atom stereocenters. The molecule has 1 N–H and O–H groups in total. The fraction of sp³-hybridized carbons (Fsp3) is 0.333. The highest BCUT2D eigenvalue weighted by molar-refractivity contribution is 7.71. The highest BCUT2D eigenvalue weighted by Gasteiger charge is 2.25. The van der Waals surface area contributed by atoms with Gasteiger partial charge in [-0.25, -0.2) is 0 Å². The van der Waals surface area contributed by atoms with E-state index < -0.39 is 0 Å². The van der Waals surface area contributed by atoms with Gasteiger partial charge in [0, 0.05) is 38.8 Å². The van der Waals surface area contributed by atoms with E-state index in [0.29, 0.717) is 6.54 Å². The summed E-state index contributed by atoms with van der Waals surface area (Å²) in [6.45, 7) is 3.17. The number of piperidine rings is 1. The van der Waals surface area contributed by atoms with Crippen LogP contribution in [0.5, 0.6) is 0 Å². The summed E-state index contributed by atoms with van der Waals surface area (Å²) >= 11 is 5.66. The van der Waals surface area contributed by atoms with E-state index >= 15 is 0 Å². The van der Waals surface area contributed by atoms with Gasteiger partial charge in [0.2, 0.25) is 5.91 Å². The second-order valence-electron chi connectivity index (χ2n) is 7.93. The number of hydrogen-bond acceptors (Lipinski definition) is 3. The van der Waals surface area contributed by atoms with Crippen molar-refractivity contribution in [3.63, 3.8) is 0 Å². The maximum Gasteiger partial charge on any atom is 0.223 e. The van der Waals surface area contributed by atoms with Gasteiger partial charge in [-0.2, -0.15) is 0 Å². The monoisotopic (exact) mass is 420 g/mol. The third-order valence-corrected chi connectivity index (χ3v) is 6.37. The summed E-state index contributed by atoms with van der Waals surface area (Å²) in [5, 5.41) is 3.09. The summed E-state index contributed by atoms with van der Waals surface area (Å²) < 4.78 is 5.01. The predicted octanol–water partition coefficient (Wildman–Crippen LogP) is 4.21. The van der Waals surface area contributed by atoms with E-state index in [0.717, 1.165) is 48.6 Å². The third-order valence-electron chi connectivity index (χ3n) is 5.86. The number of amides is 1. The molecule has 0 aliphatic carbocycles. The molecule has 0 spiro atoms. The van der Waals surface area contributed by atoms with E-state index in [1.165, 1.54) is 5.56 Å². The van der Waals surface area contributed by atoms with E-state index in [4.69, 9.17) is 12.2 Å². The number of carbonyl (C=O) groups excluding carboxylic acids is 1. The maximum absolute atomic E-state index is 12.5. The Labute approximate surface area is 183 Å². The molecule has 1 aliphatic rings. The number of rotatable bonds is 6. The highest BCUT2D eigenvalue weighted by Crippen LogP contribution is 2.22. The lowest BCUT2D eigenvalue weighted by Gasteiger charge is -2.31. The summed E-state index contributed by atoms with van der Waals surface area (Å²) in [4.78, 5) is 14.9. The van der Waals surface area contributed by atoms with Crippen LogP contribution in [0, 0.1) is 10.7 Å². The van der Waals surface area contributed by atoms with E-state index in [9.17, 15) is 4.79 Å². The average molecular weight is 421 g/mol. The van der Waals surface area contributed by atoms with Crippen LogP contribution < -0.4 is 5.32 Å². The minimum absolute atomic E-state index is 0.0913. The smallest absolute Gasteiger partial charge is 0.223 e. The Morgan fingerprint density at radius 1 is 1.03 bits per heavy atom. The number of carbonyl (C=O) groups is 1. The van der Waals surface area contributed by atoms with E-state index in [-0.39, 0.29) is 11.8 Å². The van der Waals surface area contributed by atoms with Crippen LogP contribution in [0.15, 0.2) is 66.9 Å². The standard InChI is InChI=1S/C24H28N4OS/c1-26-22(20-10-6-3-7-11-20)17-28(24(26)30)18-27-14-12-21(13-15-27)23(29)25-16-19-8-4-2-5-9-19/h2-11,17,21H,12-16,18H2,1H3,(H,25,29). The van der Waals surface area contributed by atoms with Crippen LogP contribution in [-0.4, -0.2) is 33.0 Å². The van der Waals surface area contributed by atoms with Crippen molar-refractivity contribution < 1.29 is 4.79 Å². The number of aromatic nitrogens is 2. The van der Waals surface area contributed by atoms with Crippen molar-refractivity contribution >= 4 is 18.1 Å². The first-order chi connectivity index (χ1) is 14.6. The van der Waals surface area contributed by atoms with Gasteiger partial charge in [-0.05, 0) is 36.2 Å². The Hall–Kier alpha value is -2.70. The quantitative estimate of drug-likeness (QED) is 0.608. The van der Waals surface area contributed by atoms with E-state index in [1.807, 2.05) is 55.6 Å². The average Bonchev–Trinajstić information content (AvgIpc) is 3.08. The molecular formula is C24H28N4OS. The molecule has 1 aromatic heterocycles. The fourth-order valence-corrected chi connectivity index (χ4v) is 4.25. The molecule has 0 unspecified atom stereocenters. The Morgan fingerprint density at radius 3 is 2.33 bits per heavy atom. The first-order valence-electron chi connectivity index (χ1n) is 10.5. The van der Waals surface area contributed by atoms with Crippen molar-refractivity contribution in [1.29, 1.82) is 0 Å². The van der Waals surface area contributed by atoms with Crippen LogP contribution in [0.1, 0.15) is 18.4 Å². The Bertz CT molecular complexity index is 1030. The second kappa shape index (κ2) is 9.41. The molecule has 5 nitrogen and oxygen atoms in total. The van der Waals surface area contributed by atoms with Gasteiger partial charge < -0.3 is 14.5 Å². The van der Waals surface area contributed by atoms with Crippen LogP contribution in [-0.2, 0) is 25.1 Å². The number of nitrogens with one attached hydrogen (secondary N) is 1. The molecule has 3 aromatic rings. The van der Waals surface area contributed by atoms with Gasteiger partial charge in [0.1, 0.15) is 0 Å². The summed E-state index contributed by atoms with van der Waals surface area (Å²) in [6, 6.07) is 20.4. The zero-order valence-corrected chi connectivity index (χ0v) is 18.1. The van der Waals surface area contributed by atoms with E-state index in [2.05, 4.69) is 37.7 Å². The highest BCUT2D eigenvalue weighted by atomic mass is 32.1. The zero-order chi connectivity index (χ0) is 20.9. The lowest BCUT2D eigenvalue weighted by Crippen LogP contribution is -2.40. The Morgan fingerprint density at radius 2 is 1.67 bits per heavy atom. The third kappa shape index (κ3) is 4.71. The largest absolute Gasteiger partial charge is 0.352 e. The molecule has 0 saturated carbocycles. The van der Waals surface area contributed by atoms with Crippen LogP contribution in [0.3, 0.4) is 0 Å². The minimum atomic E-state index is 0.0913. The van der Waals surface area contributed by atoms with Crippen LogP contribution in [0.25, 0.3) is 11.3 Å². The number of benzene rings is 2. The Kier molecular flexibility index (Phi) is 6.45. The van der Waals surface area contributed by atoms with Crippen molar-refractivity contribution in [2.75, 3.05) is 13.1 Å². The van der Waals surface area contributed by atoms with Gasteiger partial charge in [-0.3, -0.25) is 9.69 Å². The summed E-state index contributed by atoms with van der Waals surface area (Å²) in [6.07, 6.45) is 3.90. The van der Waals surface area contributed by atoms with Gasteiger partial charge in [-0.15, -0.1) is 0 Å². The summed E-state index contributed by atoms with van der Waals surface area (Å²) in [5.74, 6) is 0.259. The van der Waals surface area contributed by atoms with Crippen molar-refractivity contribution in [2.24, 2.45) is 13.0 Å². The van der Waals surface area contributed by atoms with Gasteiger partial charge in [0.25, 0.3) is 0 Å². The molecular weight excluding hydrogens is 392 g/mol. The van der Waals surface area contributed by atoms with E-state index in [1.54, 1.807) is 0 Å². The molecule has 30 heavy (non-hydrogen) atoms. The number of imidazole rings is 1. The fourth-order valence-electron chi connectivity index (χ4n) is 4.04.